The van der Waals surface area contributed by atoms with Gasteiger partial charge in [-0.3, -0.25) is 9.59 Å². The van der Waals surface area contributed by atoms with Crippen LogP contribution in [0.1, 0.15) is 13.3 Å². The molecule has 9 heteroatoms. The second-order valence-electron chi connectivity index (χ2n) is 6.55. The summed E-state index contributed by atoms with van der Waals surface area (Å²) in [6, 6.07) is 2.55. The maximum Gasteiger partial charge on any atom is 0.247 e. The van der Waals surface area contributed by atoms with Crippen LogP contribution < -0.4 is 0 Å². The van der Waals surface area contributed by atoms with Crippen molar-refractivity contribution in [1.29, 1.82) is 5.26 Å². The minimum Gasteiger partial charge on any atom is -0.336 e. The Balaban J connectivity index is 2.05. The van der Waals surface area contributed by atoms with Crippen LogP contribution in [-0.2, 0) is 9.59 Å². The molecule has 2 aliphatic rings. The number of piperazine rings is 2. The smallest absolute Gasteiger partial charge is 0.247 e. The molecule has 3 unspecified atom stereocenters. The van der Waals surface area contributed by atoms with Crippen molar-refractivity contribution >= 4 is 57.5 Å². The van der Waals surface area contributed by atoms with Gasteiger partial charge in [0.25, 0.3) is 0 Å². The lowest BCUT2D eigenvalue weighted by molar-refractivity contribution is -0.129. The Morgan fingerprint density at radius 2 is 1.85 bits per heavy atom. The summed E-state index contributed by atoms with van der Waals surface area (Å²) < 4.78 is 4.55. The first-order valence-corrected chi connectivity index (χ1v) is 10.4. The quantitative estimate of drug-likeness (QED) is 0.219. The van der Waals surface area contributed by atoms with Crippen LogP contribution in [0.25, 0.3) is 0 Å². The van der Waals surface area contributed by atoms with Gasteiger partial charge in [0.2, 0.25) is 11.8 Å². The highest BCUT2D eigenvalue weighted by atomic mass is 127. The monoisotopic (exact) mass is 583 g/mol. The molecule has 7 nitrogen and oxygen atoms in total. The molecule has 0 aliphatic carbocycles. The summed E-state index contributed by atoms with van der Waals surface area (Å²) in [6.45, 7) is 9.16. The molecule has 0 N–H and O–H groups in total. The fourth-order valence-corrected chi connectivity index (χ4v) is 4.60. The van der Waals surface area contributed by atoms with Crippen LogP contribution in [0.5, 0.6) is 0 Å². The normalized spacial score (nSPS) is 28.2. The van der Waals surface area contributed by atoms with Crippen LogP contribution in [0, 0.1) is 11.3 Å². The fraction of sp³-hybridized carbons (Fsp3) is 0.588. The molecule has 0 spiro atoms. The van der Waals surface area contributed by atoms with Crippen LogP contribution >= 0.6 is 45.7 Å². The van der Waals surface area contributed by atoms with E-state index in [-0.39, 0.29) is 29.9 Å². The Bertz CT molecular complexity index is 621. The van der Waals surface area contributed by atoms with Gasteiger partial charge in [-0.05, 0) is 19.4 Å². The van der Waals surface area contributed by atoms with Crippen molar-refractivity contribution < 1.29 is 9.59 Å². The van der Waals surface area contributed by atoms with Gasteiger partial charge in [0.05, 0.1) is 6.07 Å². The number of nitrogens with zero attached hydrogens (tertiary/aromatic N) is 5. The first-order valence-electron chi connectivity index (χ1n) is 8.50. The number of carbonyl (C=O) groups is 2. The van der Waals surface area contributed by atoms with Gasteiger partial charge < -0.3 is 9.80 Å². The fourth-order valence-electron chi connectivity index (χ4n) is 3.40. The molecular formula is C17H23I2N5O2. The summed E-state index contributed by atoms with van der Waals surface area (Å²) in [7, 11) is 0. The second kappa shape index (κ2) is 10.0. The molecule has 0 aromatic carbocycles. The van der Waals surface area contributed by atoms with Crippen molar-refractivity contribution in [3.63, 3.8) is 0 Å². The highest BCUT2D eigenvalue weighted by Gasteiger charge is 2.36. The Kier molecular flexibility index (Phi) is 8.31. The number of carbonyl (C=O) groups excluding carboxylic acids is 2. The van der Waals surface area contributed by atoms with E-state index >= 15 is 0 Å². The standard InChI is InChI=1S/C17H23I2N5O2/c1-3-16(25)22-10-13(2)24(19)15(12-22)9-14-11-21(7-8-23(14)18)17(26)5-4-6-20/h3-5,13-15H,1,7-12H2,2H3/b5-4+. The summed E-state index contributed by atoms with van der Waals surface area (Å²) in [6.07, 6.45) is 4.79. The van der Waals surface area contributed by atoms with Gasteiger partial charge in [-0.25, -0.2) is 6.23 Å². The first-order chi connectivity index (χ1) is 12.4. The highest BCUT2D eigenvalue weighted by molar-refractivity contribution is 14.1. The molecule has 26 heavy (non-hydrogen) atoms. The minimum atomic E-state index is -0.118. The summed E-state index contributed by atoms with van der Waals surface area (Å²) in [5.74, 6) is -0.146. The van der Waals surface area contributed by atoms with Crippen molar-refractivity contribution in [2.75, 3.05) is 32.7 Å². The van der Waals surface area contributed by atoms with E-state index < -0.39 is 0 Å². The number of rotatable bonds is 4. The van der Waals surface area contributed by atoms with Crippen LogP contribution in [0.2, 0.25) is 0 Å². The molecule has 2 rings (SSSR count). The Morgan fingerprint density at radius 3 is 2.50 bits per heavy atom. The van der Waals surface area contributed by atoms with E-state index in [1.165, 1.54) is 18.2 Å². The second-order valence-corrected chi connectivity index (χ2v) is 8.91. The third-order valence-electron chi connectivity index (χ3n) is 4.74. The predicted molar refractivity (Wildman–Crippen MR) is 116 cm³/mol. The van der Waals surface area contributed by atoms with Gasteiger partial charge in [0.15, 0.2) is 0 Å². The van der Waals surface area contributed by atoms with Crippen LogP contribution in [0.15, 0.2) is 24.8 Å². The Hall–Kier alpha value is -0.710. The third kappa shape index (κ3) is 5.40. The largest absolute Gasteiger partial charge is 0.336 e. The van der Waals surface area contributed by atoms with E-state index in [1.54, 1.807) is 4.90 Å². The van der Waals surface area contributed by atoms with Crippen molar-refractivity contribution in [3.05, 3.63) is 24.8 Å². The summed E-state index contributed by atoms with van der Waals surface area (Å²) >= 11 is 4.67. The molecule has 0 aromatic heterocycles. The topological polar surface area (TPSA) is 70.9 Å². The van der Waals surface area contributed by atoms with Crippen LogP contribution in [0.3, 0.4) is 0 Å². The van der Waals surface area contributed by atoms with Gasteiger partial charge in [-0.2, -0.15) is 5.26 Å². The third-order valence-corrected chi connectivity index (χ3v) is 7.75. The van der Waals surface area contributed by atoms with Gasteiger partial charge in [0, 0.05) is 109 Å². The lowest BCUT2D eigenvalue weighted by atomic mass is 10.0. The Morgan fingerprint density at radius 1 is 1.15 bits per heavy atom. The number of hydrogen-bond donors (Lipinski definition) is 0. The molecule has 142 valence electrons. The Labute approximate surface area is 182 Å². The van der Waals surface area contributed by atoms with Crippen LogP contribution in [0.4, 0.5) is 0 Å². The van der Waals surface area contributed by atoms with Crippen molar-refractivity contribution in [3.8, 4) is 6.07 Å². The van der Waals surface area contributed by atoms with Crippen molar-refractivity contribution in [1.82, 2.24) is 16.0 Å². The summed E-state index contributed by atoms with van der Waals surface area (Å²) in [4.78, 5) is 27.9. The van der Waals surface area contributed by atoms with E-state index in [9.17, 15) is 9.59 Å². The average molecular weight is 583 g/mol. The molecule has 0 radical (unpaired) electrons. The van der Waals surface area contributed by atoms with E-state index in [4.69, 9.17) is 5.26 Å². The van der Waals surface area contributed by atoms with Crippen molar-refractivity contribution in [2.24, 2.45) is 0 Å². The molecule has 0 saturated carbocycles. The van der Waals surface area contributed by atoms with Gasteiger partial charge in [-0.1, -0.05) is 6.58 Å². The minimum absolute atomic E-state index is 0.0280. The number of allylic oxidation sites excluding steroid dienone is 1. The average Bonchev–Trinajstić information content (AvgIpc) is 2.64. The zero-order valence-electron chi connectivity index (χ0n) is 14.7. The molecule has 0 aromatic rings. The van der Waals surface area contributed by atoms with Gasteiger partial charge in [-0.15, -0.1) is 0 Å². The highest BCUT2D eigenvalue weighted by Crippen LogP contribution is 2.27. The zero-order valence-corrected chi connectivity index (χ0v) is 19.0. The molecule has 0 bridgehead atoms. The lowest BCUT2D eigenvalue weighted by Gasteiger charge is -2.45. The predicted octanol–water partition coefficient (Wildman–Crippen LogP) is 1.76. The van der Waals surface area contributed by atoms with Crippen molar-refractivity contribution in [2.45, 2.75) is 31.5 Å². The van der Waals surface area contributed by atoms with Crippen LogP contribution in [-0.4, -0.2) is 78.7 Å². The van der Waals surface area contributed by atoms with E-state index in [0.29, 0.717) is 26.2 Å². The molecule has 2 heterocycles. The molecule has 2 saturated heterocycles. The van der Waals surface area contributed by atoms with Gasteiger partial charge in [0.1, 0.15) is 0 Å². The molecular weight excluding hydrogens is 560 g/mol. The SMILES string of the molecule is C=CC(=O)N1CC(C)N(I)C(CC2CN(C(=O)/C=C/C#N)CCN2I)C1. The molecule has 2 amide bonds. The number of nitriles is 1. The van der Waals surface area contributed by atoms with E-state index in [0.717, 1.165) is 13.0 Å². The summed E-state index contributed by atoms with van der Waals surface area (Å²) in [5, 5.41) is 8.61. The molecule has 3 atom stereocenters. The lowest BCUT2D eigenvalue weighted by Crippen LogP contribution is -2.58. The number of amides is 2. The number of halogens is 2. The van der Waals surface area contributed by atoms with E-state index in [2.05, 4.69) is 65.5 Å². The number of hydrogen-bond acceptors (Lipinski definition) is 5. The molecule has 2 fully saturated rings. The van der Waals surface area contributed by atoms with E-state index in [1.807, 2.05) is 11.0 Å². The first kappa shape index (κ1) is 21.6. The molecule has 2 aliphatic heterocycles. The summed E-state index contributed by atoms with van der Waals surface area (Å²) in [5.41, 5.74) is 0. The zero-order chi connectivity index (χ0) is 19.3. The van der Waals surface area contributed by atoms with Gasteiger partial charge >= 0.3 is 0 Å². The maximum atomic E-state index is 12.2. The maximum absolute atomic E-state index is 12.2.